The van der Waals surface area contributed by atoms with Crippen LogP contribution in [0.15, 0.2) is 72.8 Å². The predicted octanol–water partition coefficient (Wildman–Crippen LogP) is 4.34. The Balaban J connectivity index is 1.68. The van der Waals surface area contributed by atoms with Crippen LogP contribution in [0.4, 0.5) is 21.9 Å². The molecule has 8 nitrogen and oxygen atoms in total. The Kier molecular flexibility index (Phi) is 8.48. The summed E-state index contributed by atoms with van der Waals surface area (Å²) in [5.74, 6) is 0.466. The van der Waals surface area contributed by atoms with Gasteiger partial charge in [-0.3, -0.25) is 4.79 Å². The van der Waals surface area contributed by atoms with Crippen molar-refractivity contribution in [3.8, 4) is 5.75 Å². The summed E-state index contributed by atoms with van der Waals surface area (Å²) in [5, 5.41) is 8.71. The van der Waals surface area contributed by atoms with Crippen LogP contribution in [0.2, 0.25) is 0 Å². The van der Waals surface area contributed by atoms with E-state index in [1.807, 2.05) is 38.4 Å². The van der Waals surface area contributed by atoms with Crippen LogP contribution in [0.25, 0.3) is 0 Å². The van der Waals surface area contributed by atoms with E-state index in [9.17, 15) is 9.59 Å². The lowest BCUT2D eigenvalue weighted by Gasteiger charge is -2.22. The van der Waals surface area contributed by atoms with E-state index in [-0.39, 0.29) is 18.0 Å². The second kappa shape index (κ2) is 11.7. The van der Waals surface area contributed by atoms with Gasteiger partial charge in [0, 0.05) is 11.3 Å². The third-order valence-electron chi connectivity index (χ3n) is 5.30. The number of urea groups is 1. The van der Waals surface area contributed by atoms with Crippen LogP contribution in [-0.2, 0) is 0 Å². The van der Waals surface area contributed by atoms with Gasteiger partial charge in [0.15, 0.2) is 0 Å². The first-order valence-corrected chi connectivity index (χ1v) is 11.0. The van der Waals surface area contributed by atoms with Gasteiger partial charge < -0.3 is 31.3 Å². The molecule has 3 rings (SSSR count). The highest BCUT2D eigenvalue weighted by atomic mass is 16.5. The molecule has 5 N–H and O–H groups in total. The van der Waals surface area contributed by atoms with Crippen molar-refractivity contribution in [3.05, 3.63) is 83.9 Å². The first kappa shape index (κ1) is 24.6. The molecule has 1 unspecified atom stereocenters. The molecule has 3 aromatic carbocycles. The second-order valence-electron chi connectivity index (χ2n) is 8.13. The number of anilines is 3. The highest BCUT2D eigenvalue weighted by Crippen LogP contribution is 2.21. The number of hydrogen-bond acceptors (Lipinski definition) is 5. The molecule has 0 spiro atoms. The van der Waals surface area contributed by atoms with E-state index in [0.29, 0.717) is 34.8 Å². The summed E-state index contributed by atoms with van der Waals surface area (Å²) in [6.45, 7) is 0.781. The minimum atomic E-state index is -0.310. The lowest BCUT2D eigenvalue weighted by molar-refractivity contribution is 0.102. The zero-order valence-electron chi connectivity index (χ0n) is 19.7. The van der Waals surface area contributed by atoms with Crippen molar-refractivity contribution in [1.82, 2.24) is 10.2 Å². The molecule has 0 aliphatic rings. The van der Waals surface area contributed by atoms with Crippen LogP contribution in [0.1, 0.15) is 28.4 Å². The molecule has 0 saturated heterocycles. The van der Waals surface area contributed by atoms with Gasteiger partial charge in [-0.2, -0.15) is 0 Å². The van der Waals surface area contributed by atoms with Gasteiger partial charge in [-0.05, 0) is 81.2 Å². The van der Waals surface area contributed by atoms with E-state index >= 15 is 0 Å². The summed E-state index contributed by atoms with van der Waals surface area (Å²) in [4.78, 5) is 27.3. The quantitative estimate of drug-likeness (QED) is 0.355. The topological polar surface area (TPSA) is 109 Å². The van der Waals surface area contributed by atoms with Gasteiger partial charge in [-0.25, -0.2) is 4.79 Å². The van der Waals surface area contributed by atoms with E-state index in [0.717, 1.165) is 12.1 Å². The Labute approximate surface area is 200 Å². The number of hydrogen-bond donors (Lipinski definition) is 4. The van der Waals surface area contributed by atoms with Crippen molar-refractivity contribution in [3.63, 3.8) is 0 Å². The molecule has 0 aliphatic heterocycles. The van der Waals surface area contributed by atoms with Crippen molar-refractivity contribution in [1.29, 1.82) is 0 Å². The minimum absolute atomic E-state index is 0.234. The van der Waals surface area contributed by atoms with Gasteiger partial charge in [0.25, 0.3) is 5.91 Å². The lowest BCUT2D eigenvalue weighted by atomic mass is 10.0. The maximum Gasteiger partial charge on any atom is 0.319 e. The predicted molar refractivity (Wildman–Crippen MR) is 136 cm³/mol. The second-order valence-corrected chi connectivity index (χ2v) is 8.13. The molecule has 0 heterocycles. The van der Waals surface area contributed by atoms with E-state index < -0.39 is 0 Å². The standard InChI is InChI=1S/C26H31N5O3/c1-31(2)17-16-23(30-26(33)28-20-12-14-21(34-3)15-13-20)18-8-10-19(11-9-18)25(32)29-24-7-5-4-6-22(24)27/h4-15,23H,16-17,27H2,1-3H3,(H,29,32)(H2,28,30,33). The molecule has 1 atom stereocenters. The summed E-state index contributed by atoms with van der Waals surface area (Å²) in [5.41, 5.74) is 9.05. The number of methoxy groups -OCH3 is 1. The molecule has 0 saturated carbocycles. The molecule has 8 heteroatoms. The van der Waals surface area contributed by atoms with E-state index in [1.54, 1.807) is 55.6 Å². The molecule has 0 bridgehead atoms. The number of nitrogens with zero attached hydrogens (tertiary/aromatic N) is 1. The smallest absolute Gasteiger partial charge is 0.319 e. The molecule has 3 aromatic rings. The van der Waals surface area contributed by atoms with Crippen molar-refractivity contribution in [2.24, 2.45) is 0 Å². The van der Waals surface area contributed by atoms with Gasteiger partial charge in [-0.15, -0.1) is 0 Å². The van der Waals surface area contributed by atoms with E-state index in [2.05, 4.69) is 20.9 Å². The van der Waals surface area contributed by atoms with Crippen LogP contribution in [0.3, 0.4) is 0 Å². The third-order valence-corrected chi connectivity index (χ3v) is 5.30. The molecule has 0 aromatic heterocycles. The number of rotatable bonds is 9. The molecular formula is C26H31N5O3. The fourth-order valence-corrected chi connectivity index (χ4v) is 3.38. The van der Waals surface area contributed by atoms with Crippen LogP contribution < -0.4 is 26.4 Å². The molecule has 0 aliphatic carbocycles. The Morgan fingerprint density at radius 3 is 2.24 bits per heavy atom. The Morgan fingerprint density at radius 2 is 1.62 bits per heavy atom. The molecule has 3 amide bonds. The number of nitrogen functional groups attached to an aromatic ring is 1. The van der Waals surface area contributed by atoms with Crippen LogP contribution in [-0.4, -0.2) is 44.6 Å². The lowest BCUT2D eigenvalue weighted by Crippen LogP contribution is -2.34. The summed E-state index contributed by atoms with van der Waals surface area (Å²) in [6, 6.07) is 20.9. The monoisotopic (exact) mass is 461 g/mol. The minimum Gasteiger partial charge on any atom is -0.497 e. The zero-order chi connectivity index (χ0) is 24.5. The van der Waals surface area contributed by atoms with Crippen molar-refractivity contribution < 1.29 is 14.3 Å². The van der Waals surface area contributed by atoms with Gasteiger partial charge in [0.1, 0.15) is 5.75 Å². The number of nitrogens with two attached hydrogens (primary N) is 1. The summed E-state index contributed by atoms with van der Waals surface area (Å²) in [7, 11) is 5.56. The van der Waals surface area contributed by atoms with Gasteiger partial charge in [0.05, 0.1) is 24.5 Å². The van der Waals surface area contributed by atoms with Crippen molar-refractivity contribution in [2.45, 2.75) is 12.5 Å². The average molecular weight is 462 g/mol. The normalized spacial score (nSPS) is 11.5. The summed E-state index contributed by atoms with van der Waals surface area (Å²) >= 11 is 0. The maximum atomic E-state index is 12.7. The largest absolute Gasteiger partial charge is 0.497 e. The van der Waals surface area contributed by atoms with Crippen LogP contribution in [0.5, 0.6) is 5.75 Å². The number of nitrogens with one attached hydrogen (secondary N) is 3. The highest BCUT2D eigenvalue weighted by Gasteiger charge is 2.16. The zero-order valence-corrected chi connectivity index (χ0v) is 19.7. The number of para-hydroxylation sites is 2. The fraction of sp³-hybridized carbons (Fsp3) is 0.231. The van der Waals surface area contributed by atoms with E-state index in [4.69, 9.17) is 10.5 Å². The molecular weight excluding hydrogens is 430 g/mol. The molecule has 0 fully saturated rings. The van der Waals surface area contributed by atoms with Crippen molar-refractivity contribution >= 4 is 29.0 Å². The number of carbonyl (C=O) groups is 2. The molecule has 34 heavy (non-hydrogen) atoms. The van der Waals surface area contributed by atoms with Gasteiger partial charge >= 0.3 is 6.03 Å². The summed E-state index contributed by atoms with van der Waals surface area (Å²) < 4.78 is 5.15. The molecule has 178 valence electrons. The Morgan fingerprint density at radius 1 is 0.941 bits per heavy atom. The number of ether oxygens (including phenoxy) is 1. The Bertz CT molecular complexity index is 1100. The first-order valence-electron chi connectivity index (χ1n) is 11.0. The first-order chi connectivity index (χ1) is 16.4. The van der Waals surface area contributed by atoms with E-state index in [1.165, 1.54) is 0 Å². The number of amides is 3. The average Bonchev–Trinajstić information content (AvgIpc) is 2.83. The highest BCUT2D eigenvalue weighted by molar-refractivity contribution is 6.05. The SMILES string of the molecule is COc1ccc(NC(=O)NC(CCN(C)C)c2ccc(C(=O)Nc3ccccc3N)cc2)cc1. The summed E-state index contributed by atoms with van der Waals surface area (Å²) in [6.07, 6.45) is 0.703. The molecule has 0 radical (unpaired) electrons. The van der Waals surface area contributed by atoms with Crippen LogP contribution in [0, 0.1) is 0 Å². The van der Waals surface area contributed by atoms with Crippen LogP contribution >= 0.6 is 0 Å². The maximum absolute atomic E-state index is 12.7. The Hall–Kier alpha value is -4.04. The van der Waals surface area contributed by atoms with Gasteiger partial charge in [-0.1, -0.05) is 24.3 Å². The van der Waals surface area contributed by atoms with Crippen molar-refractivity contribution in [2.75, 3.05) is 44.1 Å². The van der Waals surface area contributed by atoms with Gasteiger partial charge in [0.2, 0.25) is 0 Å². The number of carbonyl (C=O) groups excluding carboxylic acids is 2. The number of benzene rings is 3. The fourth-order valence-electron chi connectivity index (χ4n) is 3.38. The third kappa shape index (κ3) is 6.98.